The Kier molecular flexibility index (Phi) is 5.39. The molecular formula is C17H17ClFNO2. The smallest absolute Gasteiger partial charge is 0.258 e. The van der Waals surface area contributed by atoms with Gasteiger partial charge in [-0.15, -0.1) is 0 Å². The first-order valence-electron chi connectivity index (χ1n) is 6.89. The molecule has 116 valence electrons. The normalized spacial score (nSPS) is 11.8. The Bertz CT molecular complexity index is 658. The Morgan fingerprint density at radius 3 is 2.59 bits per heavy atom. The van der Waals surface area contributed by atoms with Gasteiger partial charge in [0, 0.05) is 5.02 Å². The van der Waals surface area contributed by atoms with Crippen molar-refractivity contribution in [3.63, 3.8) is 0 Å². The minimum absolute atomic E-state index is 0.0893. The zero-order valence-electron chi connectivity index (χ0n) is 12.4. The summed E-state index contributed by atoms with van der Waals surface area (Å²) in [7, 11) is 0. The van der Waals surface area contributed by atoms with Crippen molar-refractivity contribution < 1.29 is 13.9 Å². The first-order valence-corrected chi connectivity index (χ1v) is 7.27. The number of aryl methyl sites for hydroxylation is 1. The lowest BCUT2D eigenvalue weighted by molar-refractivity contribution is -0.123. The van der Waals surface area contributed by atoms with Gasteiger partial charge >= 0.3 is 0 Å². The van der Waals surface area contributed by atoms with Crippen LogP contribution in [-0.4, -0.2) is 12.5 Å². The molecule has 0 heterocycles. The van der Waals surface area contributed by atoms with E-state index in [0.717, 1.165) is 11.1 Å². The second-order valence-electron chi connectivity index (χ2n) is 5.04. The number of carbonyl (C=O) groups excluding carboxylic acids is 1. The third kappa shape index (κ3) is 4.46. The summed E-state index contributed by atoms with van der Waals surface area (Å²) in [6, 6.07) is 11.0. The van der Waals surface area contributed by atoms with E-state index in [1.807, 2.05) is 13.8 Å². The third-order valence-electron chi connectivity index (χ3n) is 3.24. The maximum Gasteiger partial charge on any atom is 0.258 e. The number of nitrogens with one attached hydrogen (secondary N) is 1. The Hall–Kier alpha value is -2.07. The summed E-state index contributed by atoms with van der Waals surface area (Å²) in [5.74, 6) is 0.0731. The molecule has 0 bridgehead atoms. The number of hydrogen-bond acceptors (Lipinski definition) is 2. The molecule has 0 fully saturated rings. The van der Waals surface area contributed by atoms with Crippen LogP contribution in [0, 0.1) is 12.7 Å². The number of amides is 1. The van der Waals surface area contributed by atoms with Crippen molar-refractivity contribution in [3.8, 4) is 5.75 Å². The summed E-state index contributed by atoms with van der Waals surface area (Å²) in [6.07, 6.45) is 0. The van der Waals surface area contributed by atoms with Crippen LogP contribution in [0.15, 0.2) is 42.5 Å². The molecule has 5 heteroatoms. The van der Waals surface area contributed by atoms with Crippen molar-refractivity contribution in [2.75, 3.05) is 6.61 Å². The van der Waals surface area contributed by atoms with Gasteiger partial charge < -0.3 is 10.1 Å². The fraction of sp³-hybridized carbons (Fsp3) is 0.235. The van der Waals surface area contributed by atoms with Gasteiger partial charge in [0.2, 0.25) is 0 Å². The first-order chi connectivity index (χ1) is 10.5. The fourth-order valence-corrected chi connectivity index (χ4v) is 2.26. The molecule has 0 spiro atoms. The fourth-order valence-electron chi connectivity index (χ4n) is 2.04. The number of rotatable bonds is 5. The molecule has 0 aliphatic rings. The second kappa shape index (κ2) is 7.27. The van der Waals surface area contributed by atoms with Crippen LogP contribution in [0.25, 0.3) is 0 Å². The van der Waals surface area contributed by atoms with Crippen LogP contribution in [0.5, 0.6) is 5.75 Å². The van der Waals surface area contributed by atoms with Gasteiger partial charge in [-0.1, -0.05) is 23.7 Å². The average Bonchev–Trinajstić information content (AvgIpc) is 2.47. The Labute approximate surface area is 134 Å². The van der Waals surface area contributed by atoms with Crippen LogP contribution in [0.1, 0.15) is 24.1 Å². The zero-order chi connectivity index (χ0) is 16.1. The monoisotopic (exact) mass is 321 g/mol. The summed E-state index contributed by atoms with van der Waals surface area (Å²) in [4.78, 5) is 11.9. The molecule has 0 saturated carbocycles. The highest BCUT2D eigenvalue weighted by Crippen LogP contribution is 2.21. The van der Waals surface area contributed by atoms with E-state index >= 15 is 0 Å². The molecule has 0 aromatic heterocycles. The molecule has 1 N–H and O–H groups in total. The van der Waals surface area contributed by atoms with E-state index in [1.165, 1.54) is 12.1 Å². The third-order valence-corrected chi connectivity index (χ3v) is 3.48. The van der Waals surface area contributed by atoms with Crippen molar-refractivity contribution in [3.05, 3.63) is 64.4 Å². The molecule has 1 atom stereocenters. The molecule has 0 aliphatic heterocycles. The predicted octanol–water partition coefficient (Wildman–Crippen LogP) is 4.04. The molecule has 0 saturated heterocycles. The van der Waals surface area contributed by atoms with E-state index in [4.69, 9.17) is 16.3 Å². The van der Waals surface area contributed by atoms with E-state index in [-0.39, 0.29) is 24.4 Å². The van der Waals surface area contributed by atoms with Crippen LogP contribution in [-0.2, 0) is 4.79 Å². The largest absolute Gasteiger partial charge is 0.484 e. The molecule has 1 amide bonds. The first kappa shape index (κ1) is 16.3. The molecular weight excluding hydrogens is 305 g/mol. The Morgan fingerprint density at radius 1 is 1.27 bits per heavy atom. The van der Waals surface area contributed by atoms with Crippen molar-refractivity contribution in [2.24, 2.45) is 0 Å². The van der Waals surface area contributed by atoms with E-state index in [9.17, 15) is 9.18 Å². The molecule has 2 aromatic carbocycles. The van der Waals surface area contributed by atoms with Gasteiger partial charge in [-0.25, -0.2) is 4.39 Å². The predicted molar refractivity (Wildman–Crippen MR) is 84.6 cm³/mol. The minimum atomic E-state index is -0.302. The van der Waals surface area contributed by atoms with Gasteiger partial charge in [-0.05, 0) is 55.3 Å². The minimum Gasteiger partial charge on any atom is -0.484 e. The van der Waals surface area contributed by atoms with Gasteiger partial charge in [0.15, 0.2) is 6.61 Å². The topological polar surface area (TPSA) is 38.3 Å². The van der Waals surface area contributed by atoms with Crippen molar-refractivity contribution in [1.82, 2.24) is 5.32 Å². The van der Waals surface area contributed by atoms with Crippen molar-refractivity contribution >= 4 is 17.5 Å². The number of ether oxygens (including phenoxy) is 1. The highest BCUT2D eigenvalue weighted by Gasteiger charge is 2.11. The molecule has 2 rings (SSSR count). The molecule has 0 aliphatic carbocycles. The average molecular weight is 322 g/mol. The summed E-state index contributed by atoms with van der Waals surface area (Å²) in [6.45, 7) is 3.60. The number of benzene rings is 2. The van der Waals surface area contributed by atoms with E-state index in [1.54, 1.807) is 30.3 Å². The number of carbonyl (C=O) groups is 1. The lowest BCUT2D eigenvalue weighted by atomic mass is 10.1. The maximum atomic E-state index is 12.9. The van der Waals surface area contributed by atoms with Crippen LogP contribution in [0.3, 0.4) is 0 Å². The number of halogens is 2. The van der Waals surface area contributed by atoms with Gasteiger partial charge in [0.1, 0.15) is 11.6 Å². The van der Waals surface area contributed by atoms with Crippen LogP contribution in [0.4, 0.5) is 4.39 Å². The van der Waals surface area contributed by atoms with E-state index in [0.29, 0.717) is 10.8 Å². The molecule has 0 radical (unpaired) electrons. The highest BCUT2D eigenvalue weighted by atomic mass is 35.5. The summed E-state index contributed by atoms with van der Waals surface area (Å²) in [5, 5.41) is 3.43. The van der Waals surface area contributed by atoms with Gasteiger partial charge in [-0.2, -0.15) is 0 Å². The standard InChI is InChI=1S/C17H17ClFNO2/c1-11-9-14(18)5-8-16(11)22-10-17(21)20-12(2)13-3-6-15(19)7-4-13/h3-9,12H,10H2,1-2H3,(H,20,21)/t12-/m0/s1. The van der Waals surface area contributed by atoms with Crippen molar-refractivity contribution in [1.29, 1.82) is 0 Å². The summed E-state index contributed by atoms with van der Waals surface area (Å²) >= 11 is 5.87. The molecule has 0 unspecified atom stereocenters. The molecule has 22 heavy (non-hydrogen) atoms. The summed E-state index contributed by atoms with van der Waals surface area (Å²) < 4.78 is 18.3. The number of hydrogen-bond donors (Lipinski definition) is 1. The van der Waals surface area contributed by atoms with Crippen LogP contribution in [0.2, 0.25) is 5.02 Å². The maximum absolute atomic E-state index is 12.9. The van der Waals surface area contributed by atoms with Crippen molar-refractivity contribution in [2.45, 2.75) is 19.9 Å². The quantitative estimate of drug-likeness (QED) is 0.902. The SMILES string of the molecule is Cc1cc(Cl)ccc1OCC(=O)N[C@@H](C)c1ccc(F)cc1. The summed E-state index contributed by atoms with van der Waals surface area (Å²) in [5.41, 5.74) is 1.70. The Balaban J connectivity index is 1.88. The molecule has 2 aromatic rings. The van der Waals surface area contributed by atoms with Gasteiger partial charge in [0.05, 0.1) is 6.04 Å². The van der Waals surface area contributed by atoms with Crippen LogP contribution < -0.4 is 10.1 Å². The Morgan fingerprint density at radius 2 is 1.95 bits per heavy atom. The van der Waals surface area contributed by atoms with Gasteiger partial charge in [0.25, 0.3) is 5.91 Å². The van der Waals surface area contributed by atoms with Gasteiger partial charge in [-0.3, -0.25) is 4.79 Å². The highest BCUT2D eigenvalue weighted by molar-refractivity contribution is 6.30. The lowest BCUT2D eigenvalue weighted by Gasteiger charge is -2.15. The lowest BCUT2D eigenvalue weighted by Crippen LogP contribution is -2.31. The molecule has 3 nitrogen and oxygen atoms in total. The van der Waals surface area contributed by atoms with Crippen LogP contribution >= 0.6 is 11.6 Å². The van der Waals surface area contributed by atoms with E-state index in [2.05, 4.69) is 5.32 Å². The van der Waals surface area contributed by atoms with E-state index < -0.39 is 0 Å². The zero-order valence-corrected chi connectivity index (χ0v) is 13.2. The second-order valence-corrected chi connectivity index (χ2v) is 5.48.